The number of aromatic nitrogens is 1. The molecule has 0 aliphatic heterocycles. The normalized spacial score (nSPS) is 14.1. The van der Waals surface area contributed by atoms with Crippen molar-refractivity contribution in [2.24, 2.45) is 5.10 Å². The van der Waals surface area contributed by atoms with Crippen LogP contribution in [0.5, 0.6) is 5.75 Å². The van der Waals surface area contributed by atoms with Gasteiger partial charge >= 0.3 is 0 Å². The van der Waals surface area contributed by atoms with Crippen LogP contribution in [0, 0.1) is 0 Å². The van der Waals surface area contributed by atoms with Crippen LogP contribution in [0.3, 0.4) is 0 Å². The van der Waals surface area contributed by atoms with Crippen LogP contribution in [-0.4, -0.2) is 17.8 Å². The Morgan fingerprint density at radius 3 is 3.05 bits per heavy atom. The van der Waals surface area contributed by atoms with Gasteiger partial charge in [-0.05, 0) is 44.7 Å². The number of aryl methyl sites for hydroxylation is 2. The van der Waals surface area contributed by atoms with Crippen LogP contribution in [0.4, 0.5) is 5.13 Å². The summed E-state index contributed by atoms with van der Waals surface area (Å²) in [5, 5.41) is 5.17. The standard InChI is InChI=1S/C16H19N3OS/c1-2-20-14-9-5-3-7-12(14)11-17-19-16-18-13-8-4-6-10-15(13)21-16/h3,5,7,9,11H,2,4,6,8,10H2,1H3,(H,18,19)/b17-11-. The van der Waals surface area contributed by atoms with E-state index in [4.69, 9.17) is 4.74 Å². The van der Waals surface area contributed by atoms with Gasteiger partial charge in [0.1, 0.15) is 5.75 Å². The molecule has 3 rings (SSSR count). The fourth-order valence-corrected chi connectivity index (χ4v) is 3.43. The van der Waals surface area contributed by atoms with Crippen LogP contribution < -0.4 is 10.2 Å². The third-order valence-electron chi connectivity index (χ3n) is 3.43. The third kappa shape index (κ3) is 3.42. The van der Waals surface area contributed by atoms with E-state index in [1.807, 2.05) is 31.2 Å². The molecule has 110 valence electrons. The second kappa shape index (κ2) is 6.72. The van der Waals surface area contributed by atoms with E-state index < -0.39 is 0 Å². The molecule has 0 amide bonds. The molecular weight excluding hydrogens is 282 g/mol. The van der Waals surface area contributed by atoms with E-state index in [1.54, 1.807) is 17.6 Å². The van der Waals surface area contributed by atoms with Crippen LogP contribution in [-0.2, 0) is 12.8 Å². The Balaban J connectivity index is 1.68. The molecule has 0 saturated heterocycles. The molecule has 0 fully saturated rings. The van der Waals surface area contributed by atoms with E-state index in [-0.39, 0.29) is 0 Å². The SMILES string of the molecule is CCOc1ccccc1/C=N\Nc1nc2c(s1)CCCC2. The van der Waals surface area contributed by atoms with E-state index in [0.717, 1.165) is 29.3 Å². The second-order valence-electron chi connectivity index (χ2n) is 4.94. The van der Waals surface area contributed by atoms with Gasteiger partial charge in [-0.25, -0.2) is 4.98 Å². The van der Waals surface area contributed by atoms with Crippen molar-refractivity contribution in [3.63, 3.8) is 0 Å². The van der Waals surface area contributed by atoms with E-state index >= 15 is 0 Å². The molecule has 5 heteroatoms. The zero-order chi connectivity index (χ0) is 14.5. The number of rotatable bonds is 5. The fourth-order valence-electron chi connectivity index (χ4n) is 2.43. The van der Waals surface area contributed by atoms with Gasteiger partial charge < -0.3 is 4.74 Å². The predicted molar refractivity (Wildman–Crippen MR) is 87.6 cm³/mol. The maximum Gasteiger partial charge on any atom is 0.203 e. The number of para-hydroxylation sites is 1. The molecule has 0 unspecified atom stereocenters. The second-order valence-corrected chi connectivity index (χ2v) is 6.02. The van der Waals surface area contributed by atoms with Crippen molar-refractivity contribution in [2.75, 3.05) is 12.0 Å². The van der Waals surface area contributed by atoms with Gasteiger partial charge in [-0.3, -0.25) is 5.43 Å². The lowest BCUT2D eigenvalue weighted by Gasteiger charge is -2.06. The number of thiazole rings is 1. The Bertz CT molecular complexity index is 613. The largest absolute Gasteiger partial charge is 0.493 e. The number of anilines is 1. The molecule has 0 atom stereocenters. The lowest BCUT2D eigenvalue weighted by Crippen LogP contribution is -1.99. The predicted octanol–water partition coefficient (Wildman–Crippen LogP) is 3.87. The van der Waals surface area contributed by atoms with Gasteiger partial charge in [0.25, 0.3) is 0 Å². The number of ether oxygens (including phenoxy) is 1. The third-order valence-corrected chi connectivity index (χ3v) is 4.49. The topological polar surface area (TPSA) is 46.5 Å². The highest BCUT2D eigenvalue weighted by Crippen LogP contribution is 2.29. The summed E-state index contributed by atoms with van der Waals surface area (Å²) in [7, 11) is 0. The van der Waals surface area contributed by atoms with Gasteiger partial charge in [-0.1, -0.05) is 12.1 Å². The molecule has 1 aliphatic carbocycles. The van der Waals surface area contributed by atoms with Crippen molar-refractivity contribution in [3.05, 3.63) is 40.4 Å². The zero-order valence-electron chi connectivity index (χ0n) is 12.1. The van der Waals surface area contributed by atoms with Crippen LogP contribution in [0.1, 0.15) is 35.9 Å². The maximum absolute atomic E-state index is 5.57. The van der Waals surface area contributed by atoms with Crippen LogP contribution >= 0.6 is 11.3 Å². The number of hydrogen-bond donors (Lipinski definition) is 1. The summed E-state index contributed by atoms with van der Waals surface area (Å²) < 4.78 is 5.57. The molecule has 1 N–H and O–H groups in total. The molecule has 0 saturated carbocycles. The quantitative estimate of drug-likeness (QED) is 0.673. The molecular formula is C16H19N3OS. The van der Waals surface area contributed by atoms with Crippen molar-refractivity contribution in [1.82, 2.24) is 4.98 Å². The molecule has 4 nitrogen and oxygen atoms in total. The minimum atomic E-state index is 0.650. The molecule has 1 heterocycles. The Hall–Kier alpha value is -1.88. The smallest absolute Gasteiger partial charge is 0.203 e. The van der Waals surface area contributed by atoms with Gasteiger partial charge in [-0.2, -0.15) is 5.10 Å². The molecule has 0 radical (unpaired) electrons. The maximum atomic E-state index is 5.57. The van der Waals surface area contributed by atoms with E-state index in [0.29, 0.717) is 6.61 Å². The summed E-state index contributed by atoms with van der Waals surface area (Å²) in [4.78, 5) is 6.01. The first-order valence-corrected chi connectivity index (χ1v) is 8.18. The summed E-state index contributed by atoms with van der Waals surface area (Å²) >= 11 is 1.72. The highest BCUT2D eigenvalue weighted by molar-refractivity contribution is 7.15. The molecule has 0 bridgehead atoms. The summed E-state index contributed by atoms with van der Waals surface area (Å²) in [6.07, 6.45) is 6.57. The van der Waals surface area contributed by atoms with Gasteiger partial charge in [0, 0.05) is 10.4 Å². The number of nitrogens with zero attached hydrogens (tertiary/aromatic N) is 2. The first kappa shape index (κ1) is 14.1. The highest BCUT2D eigenvalue weighted by atomic mass is 32.1. The summed E-state index contributed by atoms with van der Waals surface area (Å²) in [6, 6.07) is 7.88. The molecule has 21 heavy (non-hydrogen) atoms. The number of hydrogen-bond acceptors (Lipinski definition) is 5. The Morgan fingerprint density at radius 2 is 2.19 bits per heavy atom. The number of nitrogens with one attached hydrogen (secondary N) is 1. The first-order valence-electron chi connectivity index (χ1n) is 7.36. The molecule has 1 aromatic heterocycles. The molecule has 1 aliphatic rings. The van der Waals surface area contributed by atoms with E-state index in [2.05, 4.69) is 15.5 Å². The lowest BCUT2D eigenvalue weighted by molar-refractivity contribution is 0.340. The van der Waals surface area contributed by atoms with Crippen molar-refractivity contribution in [3.8, 4) is 5.75 Å². The average Bonchev–Trinajstić information content (AvgIpc) is 2.92. The number of hydrazone groups is 1. The fraction of sp³-hybridized carbons (Fsp3) is 0.375. The van der Waals surface area contributed by atoms with Crippen molar-refractivity contribution in [2.45, 2.75) is 32.6 Å². The number of benzene rings is 1. The zero-order valence-corrected chi connectivity index (χ0v) is 12.9. The van der Waals surface area contributed by atoms with Crippen LogP contribution in [0.2, 0.25) is 0 Å². The Kier molecular flexibility index (Phi) is 4.50. The molecule has 1 aromatic carbocycles. The van der Waals surface area contributed by atoms with Gasteiger partial charge in [0.2, 0.25) is 5.13 Å². The first-order chi connectivity index (χ1) is 10.4. The van der Waals surface area contributed by atoms with Gasteiger partial charge in [0.05, 0.1) is 18.5 Å². The Morgan fingerprint density at radius 1 is 1.33 bits per heavy atom. The molecule has 0 spiro atoms. The van der Waals surface area contributed by atoms with Crippen molar-refractivity contribution < 1.29 is 4.74 Å². The lowest BCUT2D eigenvalue weighted by atomic mass is 10.0. The van der Waals surface area contributed by atoms with E-state index in [1.165, 1.54) is 23.4 Å². The summed E-state index contributed by atoms with van der Waals surface area (Å²) in [5.41, 5.74) is 5.26. The monoisotopic (exact) mass is 301 g/mol. The highest BCUT2D eigenvalue weighted by Gasteiger charge is 2.14. The van der Waals surface area contributed by atoms with E-state index in [9.17, 15) is 0 Å². The molecule has 2 aromatic rings. The summed E-state index contributed by atoms with van der Waals surface area (Å²) in [5.74, 6) is 0.851. The summed E-state index contributed by atoms with van der Waals surface area (Å²) in [6.45, 7) is 2.63. The Labute approximate surface area is 128 Å². The minimum Gasteiger partial charge on any atom is -0.493 e. The van der Waals surface area contributed by atoms with Crippen molar-refractivity contribution >= 4 is 22.7 Å². The number of fused-ring (bicyclic) bond motifs is 1. The van der Waals surface area contributed by atoms with Crippen LogP contribution in [0.25, 0.3) is 0 Å². The van der Waals surface area contributed by atoms with Gasteiger partial charge in [0.15, 0.2) is 0 Å². The van der Waals surface area contributed by atoms with Gasteiger partial charge in [-0.15, -0.1) is 11.3 Å². The minimum absolute atomic E-state index is 0.650. The average molecular weight is 301 g/mol. The van der Waals surface area contributed by atoms with Crippen molar-refractivity contribution in [1.29, 1.82) is 0 Å². The van der Waals surface area contributed by atoms with Crippen LogP contribution in [0.15, 0.2) is 29.4 Å².